The van der Waals surface area contributed by atoms with E-state index in [1.54, 1.807) is 4.68 Å². The largest absolute Gasteiger partial charge is 0.347 e. The van der Waals surface area contributed by atoms with E-state index in [0.717, 1.165) is 44.5 Å². The van der Waals surface area contributed by atoms with Crippen LogP contribution in [-0.2, 0) is 11.3 Å². The molecule has 7 nitrogen and oxygen atoms in total. The Morgan fingerprint density at radius 3 is 2.44 bits per heavy atom. The second-order valence-corrected chi connectivity index (χ2v) is 7.67. The summed E-state index contributed by atoms with van der Waals surface area (Å²) in [7, 11) is 0. The third-order valence-electron chi connectivity index (χ3n) is 6.01. The van der Waals surface area contributed by atoms with Gasteiger partial charge in [-0.05, 0) is 61.3 Å². The van der Waals surface area contributed by atoms with Crippen LogP contribution < -0.4 is 5.32 Å². The number of nitrogens with one attached hydrogen (secondary N) is 1. The summed E-state index contributed by atoms with van der Waals surface area (Å²) in [5.41, 5.74) is 0.555. The molecule has 2 fully saturated rings. The number of nitrogens with zero attached hydrogens (tertiary/aromatic N) is 5. The van der Waals surface area contributed by atoms with Crippen molar-refractivity contribution in [1.82, 2.24) is 30.4 Å². The van der Waals surface area contributed by atoms with E-state index >= 15 is 0 Å². The molecule has 2 aliphatic rings. The Kier molecular flexibility index (Phi) is 5.48. The minimum Gasteiger partial charge on any atom is -0.347 e. The second kappa shape index (κ2) is 8.17. The topological polar surface area (TPSA) is 75.9 Å². The number of para-hydroxylation sites is 1. The van der Waals surface area contributed by atoms with Gasteiger partial charge in [0, 0.05) is 0 Å². The van der Waals surface area contributed by atoms with Crippen LogP contribution in [0.15, 0.2) is 30.3 Å². The molecular weight excluding hydrogens is 340 g/mol. The van der Waals surface area contributed by atoms with Gasteiger partial charge in [0.1, 0.15) is 5.54 Å². The number of rotatable bonds is 5. The Labute approximate surface area is 160 Å². The Bertz CT molecular complexity index is 747. The number of amides is 1. The van der Waals surface area contributed by atoms with Crippen molar-refractivity contribution in [2.45, 2.75) is 63.5 Å². The van der Waals surface area contributed by atoms with Crippen LogP contribution in [0, 0.1) is 0 Å². The monoisotopic (exact) mass is 368 g/mol. The fourth-order valence-electron chi connectivity index (χ4n) is 4.56. The quantitative estimate of drug-likeness (QED) is 0.877. The highest BCUT2D eigenvalue weighted by Gasteiger charge is 2.44. The van der Waals surface area contributed by atoms with Gasteiger partial charge in [-0.3, -0.25) is 9.69 Å². The standard InChI is InChI=1S/C20H28N6O/c27-19(20(12-6-2-7-13-20)25-14-8-3-9-15-25)21-16-18-22-23-24-26(18)17-10-4-1-5-11-17/h1,4-5,10-11H,2-3,6-9,12-16H2,(H,21,27). The van der Waals surface area contributed by atoms with Gasteiger partial charge >= 0.3 is 0 Å². The van der Waals surface area contributed by atoms with Crippen molar-refractivity contribution in [3.05, 3.63) is 36.2 Å². The Hall–Kier alpha value is -2.28. The summed E-state index contributed by atoms with van der Waals surface area (Å²) < 4.78 is 1.69. The minimum absolute atomic E-state index is 0.145. The van der Waals surface area contributed by atoms with Crippen LogP contribution in [0.1, 0.15) is 57.2 Å². The summed E-state index contributed by atoms with van der Waals surface area (Å²) in [6.45, 7) is 2.42. The summed E-state index contributed by atoms with van der Waals surface area (Å²) in [4.78, 5) is 15.8. The van der Waals surface area contributed by atoms with Crippen LogP contribution >= 0.6 is 0 Å². The summed E-state index contributed by atoms with van der Waals surface area (Å²) in [6, 6.07) is 9.77. The van der Waals surface area contributed by atoms with Crippen molar-refractivity contribution in [3.63, 3.8) is 0 Å². The number of aromatic nitrogens is 4. The molecule has 144 valence electrons. The number of hydrogen-bond acceptors (Lipinski definition) is 5. The predicted octanol–water partition coefficient (Wildman–Crippen LogP) is 2.47. The average molecular weight is 368 g/mol. The van der Waals surface area contributed by atoms with Crippen LogP contribution in [0.4, 0.5) is 0 Å². The van der Waals surface area contributed by atoms with E-state index in [-0.39, 0.29) is 11.4 Å². The van der Waals surface area contributed by atoms with E-state index in [4.69, 9.17) is 0 Å². The maximum Gasteiger partial charge on any atom is 0.240 e. The summed E-state index contributed by atoms with van der Waals surface area (Å²) in [5.74, 6) is 0.797. The Morgan fingerprint density at radius 1 is 1.00 bits per heavy atom. The number of tetrazole rings is 1. The highest BCUT2D eigenvalue weighted by molar-refractivity contribution is 5.86. The van der Waals surface area contributed by atoms with Gasteiger partial charge in [0.15, 0.2) is 5.82 Å². The Balaban J connectivity index is 1.49. The van der Waals surface area contributed by atoms with Crippen molar-refractivity contribution >= 4 is 5.91 Å². The molecule has 1 saturated heterocycles. The molecule has 1 aliphatic heterocycles. The molecule has 4 rings (SSSR count). The molecule has 1 aromatic carbocycles. The van der Waals surface area contributed by atoms with Crippen LogP contribution in [0.25, 0.3) is 5.69 Å². The van der Waals surface area contributed by atoms with E-state index in [2.05, 4.69) is 25.7 Å². The number of carbonyl (C=O) groups excluding carboxylic acids is 1. The van der Waals surface area contributed by atoms with Crippen LogP contribution in [-0.4, -0.2) is 49.6 Å². The highest BCUT2D eigenvalue weighted by Crippen LogP contribution is 2.35. The third kappa shape index (κ3) is 3.74. The fraction of sp³-hybridized carbons (Fsp3) is 0.600. The van der Waals surface area contributed by atoms with Gasteiger partial charge in [0.05, 0.1) is 12.2 Å². The number of hydrogen-bond donors (Lipinski definition) is 1. The van der Waals surface area contributed by atoms with Gasteiger partial charge in [0.2, 0.25) is 5.91 Å². The number of benzene rings is 1. The molecule has 0 atom stereocenters. The SMILES string of the molecule is O=C(NCc1nnnn1-c1ccccc1)C1(N2CCCCC2)CCCCC1. The lowest BCUT2D eigenvalue weighted by Gasteiger charge is -2.46. The summed E-state index contributed by atoms with van der Waals surface area (Å²) in [6.07, 6.45) is 9.08. The molecule has 1 saturated carbocycles. The lowest BCUT2D eigenvalue weighted by Crippen LogP contribution is -2.60. The Morgan fingerprint density at radius 2 is 1.70 bits per heavy atom. The van der Waals surface area contributed by atoms with Gasteiger partial charge in [0.25, 0.3) is 0 Å². The predicted molar refractivity (Wildman–Crippen MR) is 102 cm³/mol. The molecule has 27 heavy (non-hydrogen) atoms. The molecule has 1 amide bonds. The van der Waals surface area contributed by atoms with E-state index in [1.165, 1.54) is 25.7 Å². The first-order valence-corrected chi connectivity index (χ1v) is 10.2. The molecular formula is C20H28N6O. The zero-order chi connectivity index (χ0) is 18.5. The molecule has 1 aromatic heterocycles. The molecule has 0 spiro atoms. The lowest BCUT2D eigenvalue weighted by molar-refractivity contribution is -0.137. The van der Waals surface area contributed by atoms with Gasteiger partial charge in [-0.2, -0.15) is 4.68 Å². The molecule has 0 unspecified atom stereocenters. The van der Waals surface area contributed by atoms with E-state index in [1.807, 2.05) is 30.3 Å². The van der Waals surface area contributed by atoms with Crippen molar-refractivity contribution in [1.29, 1.82) is 0 Å². The zero-order valence-electron chi connectivity index (χ0n) is 15.8. The molecule has 2 aromatic rings. The lowest BCUT2D eigenvalue weighted by atomic mass is 9.78. The second-order valence-electron chi connectivity index (χ2n) is 7.67. The molecule has 0 bridgehead atoms. The van der Waals surface area contributed by atoms with Crippen LogP contribution in [0.5, 0.6) is 0 Å². The summed E-state index contributed by atoms with van der Waals surface area (Å²) in [5, 5.41) is 15.2. The molecule has 1 aliphatic carbocycles. The van der Waals surface area contributed by atoms with Crippen LogP contribution in [0.3, 0.4) is 0 Å². The molecule has 7 heteroatoms. The maximum atomic E-state index is 13.3. The summed E-state index contributed by atoms with van der Waals surface area (Å²) >= 11 is 0. The fourth-order valence-corrected chi connectivity index (χ4v) is 4.56. The van der Waals surface area contributed by atoms with Gasteiger partial charge in [-0.25, -0.2) is 0 Å². The zero-order valence-corrected chi connectivity index (χ0v) is 15.8. The van der Waals surface area contributed by atoms with Gasteiger partial charge < -0.3 is 5.32 Å². The molecule has 0 radical (unpaired) electrons. The van der Waals surface area contributed by atoms with Crippen molar-refractivity contribution in [2.24, 2.45) is 0 Å². The van der Waals surface area contributed by atoms with Gasteiger partial charge in [-0.15, -0.1) is 5.10 Å². The first-order chi connectivity index (χ1) is 13.3. The third-order valence-corrected chi connectivity index (χ3v) is 6.01. The number of likely N-dealkylation sites (tertiary alicyclic amines) is 1. The molecule has 2 heterocycles. The normalized spacial score (nSPS) is 20.3. The highest BCUT2D eigenvalue weighted by atomic mass is 16.2. The van der Waals surface area contributed by atoms with Gasteiger partial charge in [-0.1, -0.05) is 43.9 Å². The van der Waals surface area contributed by atoms with Crippen molar-refractivity contribution in [3.8, 4) is 5.69 Å². The first kappa shape index (κ1) is 18.1. The first-order valence-electron chi connectivity index (χ1n) is 10.2. The number of piperidine rings is 1. The number of carbonyl (C=O) groups is 1. The van der Waals surface area contributed by atoms with Crippen molar-refractivity contribution < 1.29 is 4.79 Å². The van der Waals surface area contributed by atoms with E-state index < -0.39 is 0 Å². The smallest absolute Gasteiger partial charge is 0.240 e. The average Bonchev–Trinajstić information content (AvgIpc) is 3.22. The maximum absolute atomic E-state index is 13.3. The minimum atomic E-state index is -0.344. The molecule has 1 N–H and O–H groups in total. The van der Waals surface area contributed by atoms with Crippen molar-refractivity contribution in [2.75, 3.05) is 13.1 Å². The van der Waals surface area contributed by atoms with E-state index in [9.17, 15) is 4.79 Å². The van der Waals surface area contributed by atoms with Crippen LogP contribution in [0.2, 0.25) is 0 Å². The van der Waals surface area contributed by atoms with E-state index in [0.29, 0.717) is 12.4 Å².